The molecule has 0 saturated heterocycles. The highest BCUT2D eigenvalue weighted by Gasteiger charge is 2.30. The van der Waals surface area contributed by atoms with Crippen LogP contribution in [0.3, 0.4) is 0 Å². The zero-order valence-electron chi connectivity index (χ0n) is 17.9. The number of carbonyl (C=O) groups is 2. The van der Waals surface area contributed by atoms with Crippen LogP contribution < -0.4 is 10.6 Å². The second-order valence-corrected chi connectivity index (χ2v) is 7.26. The molecule has 174 valence electrons. The molecule has 10 heteroatoms. The summed E-state index contributed by atoms with van der Waals surface area (Å²) in [6.45, 7) is 0.199. The summed E-state index contributed by atoms with van der Waals surface area (Å²) in [5.41, 5.74) is 0.368. The number of anilines is 1. The average molecular weight is 460 g/mol. The standard InChI is InChI=1S/C23H23F3N4O3/c1-33-21(32)11-5-10-20(31)27-14-19-29-18-9-3-2-8-17(18)22(30-19)28-13-15-6-4-7-16(12-15)23(24,25)26/h2-4,6-9,12H,5,10-11,13-14H2,1H3,(H,27,31)(H,28,29,30). The largest absolute Gasteiger partial charge is 0.469 e. The van der Waals surface area contributed by atoms with Crippen molar-refractivity contribution in [3.8, 4) is 0 Å². The van der Waals surface area contributed by atoms with E-state index in [1.54, 1.807) is 24.3 Å². The number of amides is 1. The third-order valence-electron chi connectivity index (χ3n) is 4.82. The number of rotatable bonds is 9. The van der Waals surface area contributed by atoms with Crippen LogP contribution in [0.5, 0.6) is 0 Å². The fourth-order valence-electron chi connectivity index (χ4n) is 3.14. The Morgan fingerprint density at radius 2 is 1.79 bits per heavy atom. The van der Waals surface area contributed by atoms with E-state index in [-0.39, 0.29) is 37.8 Å². The number of hydrogen-bond acceptors (Lipinski definition) is 6. The zero-order chi connectivity index (χ0) is 23.8. The molecule has 3 aromatic rings. The Morgan fingerprint density at radius 1 is 1.00 bits per heavy atom. The van der Waals surface area contributed by atoms with E-state index >= 15 is 0 Å². The Balaban J connectivity index is 1.69. The number of carbonyl (C=O) groups excluding carboxylic acids is 2. The monoisotopic (exact) mass is 460 g/mol. The number of nitrogens with one attached hydrogen (secondary N) is 2. The molecule has 0 unspecified atom stereocenters. The molecule has 0 atom stereocenters. The van der Waals surface area contributed by atoms with Crippen LogP contribution in [0.15, 0.2) is 48.5 Å². The summed E-state index contributed by atoms with van der Waals surface area (Å²) in [6.07, 6.45) is -3.75. The zero-order valence-corrected chi connectivity index (χ0v) is 17.9. The molecule has 33 heavy (non-hydrogen) atoms. The number of hydrogen-bond donors (Lipinski definition) is 2. The van der Waals surface area contributed by atoms with Gasteiger partial charge in [-0.25, -0.2) is 9.97 Å². The van der Waals surface area contributed by atoms with Crippen LogP contribution in [0.2, 0.25) is 0 Å². The number of benzene rings is 2. The summed E-state index contributed by atoms with van der Waals surface area (Å²) in [4.78, 5) is 32.1. The SMILES string of the molecule is COC(=O)CCCC(=O)NCc1nc(NCc2cccc(C(F)(F)F)c2)c2ccccc2n1. The molecule has 1 aromatic heterocycles. The van der Waals surface area contributed by atoms with Crippen molar-refractivity contribution in [1.29, 1.82) is 0 Å². The first-order chi connectivity index (χ1) is 15.8. The lowest BCUT2D eigenvalue weighted by molar-refractivity contribution is -0.141. The highest BCUT2D eigenvalue weighted by Crippen LogP contribution is 2.30. The van der Waals surface area contributed by atoms with Gasteiger partial charge in [0.15, 0.2) is 5.82 Å². The maximum absolute atomic E-state index is 13.0. The van der Waals surface area contributed by atoms with Gasteiger partial charge in [0.1, 0.15) is 5.82 Å². The molecule has 0 bridgehead atoms. The normalized spacial score (nSPS) is 11.3. The van der Waals surface area contributed by atoms with E-state index in [2.05, 4.69) is 25.3 Å². The lowest BCUT2D eigenvalue weighted by atomic mass is 10.1. The van der Waals surface area contributed by atoms with Crippen molar-refractivity contribution in [2.75, 3.05) is 12.4 Å². The van der Waals surface area contributed by atoms with Gasteiger partial charge in [-0.3, -0.25) is 9.59 Å². The minimum Gasteiger partial charge on any atom is -0.469 e. The molecule has 0 aliphatic rings. The topological polar surface area (TPSA) is 93.2 Å². The van der Waals surface area contributed by atoms with E-state index in [1.807, 2.05) is 6.07 Å². The van der Waals surface area contributed by atoms with Gasteiger partial charge < -0.3 is 15.4 Å². The van der Waals surface area contributed by atoms with E-state index in [0.717, 1.165) is 12.1 Å². The Kier molecular flexibility index (Phi) is 7.81. The second kappa shape index (κ2) is 10.8. The Hall–Kier alpha value is -3.69. The molecule has 0 saturated carbocycles. The van der Waals surface area contributed by atoms with Gasteiger partial charge in [-0.15, -0.1) is 0 Å². The van der Waals surface area contributed by atoms with Gasteiger partial charge in [-0.05, 0) is 36.2 Å². The van der Waals surface area contributed by atoms with Crippen LogP contribution in [0.1, 0.15) is 36.2 Å². The Morgan fingerprint density at radius 3 is 2.55 bits per heavy atom. The number of ether oxygens (including phenoxy) is 1. The quantitative estimate of drug-likeness (QED) is 0.465. The van der Waals surface area contributed by atoms with Crippen molar-refractivity contribution < 1.29 is 27.5 Å². The van der Waals surface area contributed by atoms with Crippen molar-refractivity contribution in [3.05, 3.63) is 65.5 Å². The number of fused-ring (bicyclic) bond motifs is 1. The first kappa shape index (κ1) is 24.0. The molecule has 0 fully saturated rings. The minimum absolute atomic E-state index is 0.0696. The number of methoxy groups -OCH3 is 1. The third kappa shape index (κ3) is 6.90. The first-order valence-electron chi connectivity index (χ1n) is 10.3. The van der Waals surface area contributed by atoms with E-state index in [9.17, 15) is 22.8 Å². The molecule has 2 N–H and O–H groups in total. The predicted octanol–water partition coefficient (Wildman–Crippen LogP) is 4.22. The lowest BCUT2D eigenvalue weighted by Crippen LogP contribution is -2.24. The fourth-order valence-corrected chi connectivity index (χ4v) is 3.14. The molecule has 7 nitrogen and oxygen atoms in total. The summed E-state index contributed by atoms with van der Waals surface area (Å²) in [6, 6.07) is 12.3. The number of alkyl halides is 3. The number of aromatic nitrogens is 2. The van der Waals surface area contributed by atoms with Crippen molar-refractivity contribution in [1.82, 2.24) is 15.3 Å². The Labute approximate surface area is 188 Å². The van der Waals surface area contributed by atoms with E-state index in [4.69, 9.17) is 0 Å². The average Bonchev–Trinajstić information content (AvgIpc) is 2.80. The van der Waals surface area contributed by atoms with Crippen LogP contribution in [0.25, 0.3) is 10.9 Å². The summed E-state index contributed by atoms with van der Waals surface area (Å²) in [5, 5.41) is 6.50. The van der Waals surface area contributed by atoms with Crippen molar-refractivity contribution in [3.63, 3.8) is 0 Å². The lowest BCUT2D eigenvalue weighted by Gasteiger charge is -2.13. The molecule has 0 spiro atoms. The van der Waals surface area contributed by atoms with E-state index < -0.39 is 11.7 Å². The molecule has 3 rings (SSSR count). The molecular weight excluding hydrogens is 437 g/mol. The molecule has 0 radical (unpaired) electrons. The van der Waals surface area contributed by atoms with Gasteiger partial charge in [-0.2, -0.15) is 13.2 Å². The van der Waals surface area contributed by atoms with Crippen LogP contribution in [-0.4, -0.2) is 29.0 Å². The first-order valence-corrected chi connectivity index (χ1v) is 10.3. The maximum atomic E-state index is 13.0. The summed E-state index contributed by atoms with van der Waals surface area (Å²) in [7, 11) is 1.29. The van der Waals surface area contributed by atoms with Crippen LogP contribution >= 0.6 is 0 Å². The number of halogens is 3. The van der Waals surface area contributed by atoms with Crippen LogP contribution in [0, 0.1) is 0 Å². The fraction of sp³-hybridized carbons (Fsp3) is 0.304. The smallest absolute Gasteiger partial charge is 0.416 e. The number of esters is 1. The Bertz CT molecular complexity index is 1140. The van der Waals surface area contributed by atoms with Crippen molar-refractivity contribution in [2.45, 2.75) is 38.5 Å². The number of para-hydroxylation sites is 1. The third-order valence-corrected chi connectivity index (χ3v) is 4.82. The predicted molar refractivity (Wildman–Crippen MR) is 116 cm³/mol. The second-order valence-electron chi connectivity index (χ2n) is 7.26. The molecule has 0 aliphatic heterocycles. The molecule has 0 aliphatic carbocycles. The van der Waals surface area contributed by atoms with Gasteiger partial charge in [-0.1, -0.05) is 24.3 Å². The van der Waals surface area contributed by atoms with Crippen LogP contribution in [-0.2, 0) is 33.6 Å². The van der Waals surface area contributed by atoms with Gasteiger partial charge in [0.05, 0.1) is 24.7 Å². The number of nitrogens with zero attached hydrogens (tertiary/aromatic N) is 2. The highest BCUT2D eigenvalue weighted by atomic mass is 19.4. The van der Waals surface area contributed by atoms with Crippen LogP contribution in [0.4, 0.5) is 19.0 Å². The van der Waals surface area contributed by atoms with Gasteiger partial charge >= 0.3 is 12.1 Å². The van der Waals surface area contributed by atoms with Gasteiger partial charge in [0, 0.05) is 24.8 Å². The molecule has 2 aromatic carbocycles. The summed E-state index contributed by atoms with van der Waals surface area (Å²) >= 11 is 0. The molecular formula is C23H23F3N4O3. The maximum Gasteiger partial charge on any atom is 0.416 e. The van der Waals surface area contributed by atoms with Gasteiger partial charge in [0.25, 0.3) is 0 Å². The van der Waals surface area contributed by atoms with E-state index in [1.165, 1.54) is 13.2 Å². The van der Waals surface area contributed by atoms with Gasteiger partial charge in [0.2, 0.25) is 5.91 Å². The molecule has 1 amide bonds. The highest BCUT2D eigenvalue weighted by molar-refractivity contribution is 5.89. The minimum atomic E-state index is -4.42. The summed E-state index contributed by atoms with van der Waals surface area (Å²) < 4.78 is 43.5. The van der Waals surface area contributed by atoms with E-state index in [0.29, 0.717) is 34.5 Å². The summed E-state index contributed by atoms with van der Waals surface area (Å²) in [5.74, 6) is 0.167. The molecule has 1 heterocycles. The van der Waals surface area contributed by atoms with Crippen molar-refractivity contribution >= 4 is 28.6 Å². The van der Waals surface area contributed by atoms with Crippen molar-refractivity contribution in [2.24, 2.45) is 0 Å².